The van der Waals surface area contributed by atoms with E-state index in [1.807, 2.05) is 12.1 Å². The van der Waals surface area contributed by atoms with Gasteiger partial charge in [0, 0.05) is 0 Å². The number of furan rings is 1. The van der Waals surface area contributed by atoms with Crippen LogP contribution in [0.3, 0.4) is 0 Å². The van der Waals surface area contributed by atoms with E-state index < -0.39 is 0 Å². The summed E-state index contributed by atoms with van der Waals surface area (Å²) in [6.45, 7) is 0. The second-order valence-electron chi connectivity index (χ2n) is 2.74. The van der Waals surface area contributed by atoms with Crippen LogP contribution in [-0.4, -0.2) is 0 Å². The van der Waals surface area contributed by atoms with Crippen LogP contribution in [0.1, 0.15) is 11.1 Å². The van der Waals surface area contributed by atoms with Gasteiger partial charge in [-0.3, -0.25) is 0 Å². The third kappa shape index (κ3) is 1.76. The molecule has 0 unspecified atom stereocenters. The minimum Gasteiger partial charge on any atom is -0.473 e. The van der Waals surface area contributed by atoms with Crippen molar-refractivity contribution in [3.8, 4) is 0 Å². The molecule has 2 aromatic rings. The highest BCUT2D eigenvalue weighted by atomic mass is 16.3. The van der Waals surface area contributed by atoms with Gasteiger partial charge in [0.1, 0.15) is 0 Å². The van der Waals surface area contributed by atoms with Crippen LogP contribution in [0, 0.1) is 0 Å². The lowest BCUT2D eigenvalue weighted by Gasteiger charge is -1.69. The smallest absolute Gasteiger partial charge is 0.0902 e. The molecule has 1 aliphatic carbocycles. The molecule has 60 valence electrons. The second-order valence-corrected chi connectivity index (χ2v) is 2.74. The summed E-state index contributed by atoms with van der Waals surface area (Å²) in [4.78, 5) is 0. The molecule has 0 fully saturated rings. The Morgan fingerprint density at radius 1 is 0.833 bits per heavy atom. The monoisotopic (exact) mass is 158 g/mol. The number of rotatable bonds is 0. The fourth-order valence-corrected chi connectivity index (χ4v) is 1.06. The summed E-state index contributed by atoms with van der Waals surface area (Å²) >= 11 is 0. The Kier molecular flexibility index (Phi) is 1.95. The Morgan fingerprint density at radius 2 is 1.42 bits per heavy atom. The molecular formula is C11H10O. The molecule has 0 amide bonds. The second kappa shape index (κ2) is 3.26. The molecule has 0 spiro atoms. The molecule has 0 saturated heterocycles. The first-order chi connectivity index (χ1) is 5.97. The van der Waals surface area contributed by atoms with Gasteiger partial charge in [-0.15, -0.1) is 0 Å². The maximum Gasteiger partial charge on any atom is 0.0902 e. The van der Waals surface area contributed by atoms with E-state index in [1.165, 1.54) is 17.5 Å². The zero-order chi connectivity index (χ0) is 8.23. The molecule has 0 atom stereocenters. The predicted octanol–water partition coefficient (Wildman–Crippen LogP) is 2.87. The standard InChI is InChI=1S/C7H6.C4H4O/c1-2-4-7-5-6(7)3-1;1-2-4-5-3-1/h1-4H,5H2;1-4H. The van der Waals surface area contributed by atoms with Crippen molar-refractivity contribution in [1.29, 1.82) is 0 Å². The van der Waals surface area contributed by atoms with E-state index in [0.717, 1.165) is 0 Å². The van der Waals surface area contributed by atoms with Gasteiger partial charge in [-0.05, 0) is 29.7 Å². The highest BCUT2D eigenvalue weighted by Crippen LogP contribution is 2.25. The molecule has 0 aliphatic heterocycles. The van der Waals surface area contributed by atoms with E-state index in [9.17, 15) is 0 Å². The summed E-state index contributed by atoms with van der Waals surface area (Å²) in [6.07, 6.45) is 4.49. The van der Waals surface area contributed by atoms with Crippen LogP contribution in [0.25, 0.3) is 0 Å². The van der Waals surface area contributed by atoms with Crippen molar-refractivity contribution in [2.75, 3.05) is 0 Å². The third-order valence-electron chi connectivity index (χ3n) is 1.80. The summed E-state index contributed by atoms with van der Waals surface area (Å²) < 4.78 is 4.58. The van der Waals surface area contributed by atoms with Crippen LogP contribution in [0.2, 0.25) is 0 Å². The molecule has 1 aromatic heterocycles. The SMILES string of the molecule is c1ccc2c(c1)C2.c1ccoc1. The summed E-state index contributed by atoms with van der Waals surface area (Å²) in [7, 11) is 0. The van der Waals surface area contributed by atoms with Gasteiger partial charge >= 0.3 is 0 Å². The van der Waals surface area contributed by atoms with Gasteiger partial charge in [0.25, 0.3) is 0 Å². The number of fused-ring (bicyclic) bond motifs is 1. The van der Waals surface area contributed by atoms with Crippen molar-refractivity contribution < 1.29 is 4.42 Å². The maximum absolute atomic E-state index is 4.58. The van der Waals surface area contributed by atoms with Crippen molar-refractivity contribution in [3.05, 3.63) is 60.1 Å². The molecule has 3 rings (SSSR count). The van der Waals surface area contributed by atoms with Crippen molar-refractivity contribution in [1.82, 2.24) is 0 Å². The van der Waals surface area contributed by atoms with Gasteiger partial charge in [0.05, 0.1) is 12.5 Å². The fraction of sp³-hybridized carbons (Fsp3) is 0.0909. The molecule has 0 N–H and O–H groups in total. The Balaban J connectivity index is 0.000000100. The Bertz CT molecular complexity index is 297. The third-order valence-corrected chi connectivity index (χ3v) is 1.80. The average molecular weight is 158 g/mol. The van der Waals surface area contributed by atoms with E-state index in [4.69, 9.17) is 0 Å². The highest BCUT2D eigenvalue weighted by molar-refractivity contribution is 5.44. The maximum atomic E-state index is 4.58. The number of benzene rings is 1. The lowest BCUT2D eigenvalue weighted by Crippen LogP contribution is -1.48. The Hall–Kier alpha value is -1.50. The highest BCUT2D eigenvalue weighted by Gasteiger charge is 2.12. The van der Waals surface area contributed by atoms with Crippen molar-refractivity contribution in [2.45, 2.75) is 6.42 Å². The van der Waals surface area contributed by atoms with Crippen molar-refractivity contribution >= 4 is 0 Å². The van der Waals surface area contributed by atoms with Crippen LogP contribution in [0.5, 0.6) is 0 Å². The van der Waals surface area contributed by atoms with Crippen LogP contribution < -0.4 is 0 Å². The first-order valence-corrected chi connectivity index (χ1v) is 4.01. The van der Waals surface area contributed by atoms with Gasteiger partial charge in [-0.25, -0.2) is 0 Å². The van der Waals surface area contributed by atoms with Gasteiger partial charge in [-0.1, -0.05) is 24.3 Å². The lowest BCUT2D eigenvalue weighted by molar-refractivity contribution is 0.567. The van der Waals surface area contributed by atoms with Crippen molar-refractivity contribution in [2.24, 2.45) is 0 Å². The summed E-state index contributed by atoms with van der Waals surface area (Å²) in [5, 5.41) is 0. The van der Waals surface area contributed by atoms with E-state index in [0.29, 0.717) is 0 Å². The summed E-state index contributed by atoms with van der Waals surface area (Å²) in [6, 6.07) is 12.2. The van der Waals surface area contributed by atoms with Crippen LogP contribution in [0.15, 0.2) is 53.3 Å². The Morgan fingerprint density at radius 3 is 1.75 bits per heavy atom. The summed E-state index contributed by atoms with van der Waals surface area (Å²) in [5.41, 5.74) is 3.06. The summed E-state index contributed by atoms with van der Waals surface area (Å²) in [5.74, 6) is 0. The van der Waals surface area contributed by atoms with E-state index in [2.05, 4.69) is 28.7 Å². The molecule has 1 aromatic carbocycles. The van der Waals surface area contributed by atoms with Gasteiger partial charge < -0.3 is 4.42 Å². The molecule has 1 heterocycles. The van der Waals surface area contributed by atoms with Crippen LogP contribution in [-0.2, 0) is 6.42 Å². The molecular weight excluding hydrogens is 148 g/mol. The molecule has 0 radical (unpaired) electrons. The molecule has 0 bridgehead atoms. The van der Waals surface area contributed by atoms with E-state index >= 15 is 0 Å². The Labute approximate surface area is 71.6 Å². The number of hydrogen-bond acceptors (Lipinski definition) is 1. The fourth-order valence-electron chi connectivity index (χ4n) is 1.06. The van der Waals surface area contributed by atoms with Crippen LogP contribution >= 0.6 is 0 Å². The normalized spacial score (nSPS) is 11.0. The molecule has 0 saturated carbocycles. The molecule has 1 aliphatic rings. The van der Waals surface area contributed by atoms with Gasteiger partial charge in [0.15, 0.2) is 0 Å². The molecule has 1 heteroatoms. The lowest BCUT2D eigenvalue weighted by atomic mass is 10.4. The van der Waals surface area contributed by atoms with Gasteiger partial charge in [-0.2, -0.15) is 0 Å². The first kappa shape index (κ1) is 7.17. The van der Waals surface area contributed by atoms with Gasteiger partial charge in [0.2, 0.25) is 0 Å². The average Bonchev–Trinajstić information content (AvgIpc) is 2.64. The van der Waals surface area contributed by atoms with E-state index in [-0.39, 0.29) is 0 Å². The topological polar surface area (TPSA) is 13.1 Å². The number of hydrogen-bond donors (Lipinski definition) is 0. The zero-order valence-electron chi connectivity index (χ0n) is 6.73. The first-order valence-electron chi connectivity index (χ1n) is 4.01. The molecule has 1 nitrogen and oxygen atoms in total. The minimum absolute atomic E-state index is 1.24. The van der Waals surface area contributed by atoms with Crippen LogP contribution in [0.4, 0.5) is 0 Å². The predicted molar refractivity (Wildman–Crippen MR) is 48.0 cm³/mol. The largest absolute Gasteiger partial charge is 0.473 e. The minimum atomic E-state index is 1.24. The van der Waals surface area contributed by atoms with E-state index in [1.54, 1.807) is 12.5 Å². The molecule has 12 heavy (non-hydrogen) atoms. The zero-order valence-corrected chi connectivity index (χ0v) is 6.73. The quantitative estimate of drug-likeness (QED) is 0.490. The van der Waals surface area contributed by atoms with Crippen molar-refractivity contribution in [3.63, 3.8) is 0 Å².